The molecule has 0 aliphatic heterocycles. The fraction of sp³-hybridized carbons (Fsp3) is 0.867. The molecule has 2 atom stereocenters. The van der Waals surface area contributed by atoms with Crippen molar-refractivity contribution in [1.29, 1.82) is 5.26 Å². The van der Waals surface area contributed by atoms with E-state index in [-0.39, 0.29) is 11.8 Å². The first-order chi connectivity index (χ1) is 9.10. The average molecular weight is 265 g/mol. The maximum absolute atomic E-state index is 12.7. The minimum Gasteiger partial charge on any atom is -0.341 e. The number of rotatable bonds is 6. The Morgan fingerprint density at radius 1 is 1.42 bits per heavy atom. The molecule has 4 heteroatoms. The van der Waals surface area contributed by atoms with Crippen molar-refractivity contribution in [2.75, 3.05) is 19.6 Å². The van der Waals surface area contributed by atoms with Crippen molar-refractivity contribution in [1.82, 2.24) is 4.90 Å². The highest BCUT2D eigenvalue weighted by Gasteiger charge is 2.32. The molecule has 1 aliphatic carbocycles. The Labute approximate surface area is 116 Å². The van der Waals surface area contributed by atoms with E-state index in [0.717, 1.165) is 25.8 Å². The van der Waals surface area contributed by atoms with Crippen LogP contribution in [0.15, 0.2) is 0 Å². The van der Waals surface area contributed by atoms with Crippen molar-refractivity contribution in [3.63, 3.8) is 0 Å². The van der Waals surface area contributed by atoms with Crippen molar-refractivity contribution < 1.29 is 4.79 Å². The maximum atomic E-state index is 12.7. The molecule has 19 heavy (non-hydrogen) atoms. The lowest BCUT2D eigenvalue weighted by atomic mass is 9.78. The van der Waals surface area contributed by atoms with Gasteiger partial charge in [-0.15, -0.1) is 0 Å². The summed E-state index contributed by atoms with van der Waals surface area (Å²) in [6.07, 6.45) is 4.76. The molecule has 1 rings (SSSR count). The standard InChI is InChI=1S/C15H27N3O/c1-12(2)11-18(9-5-8-16)15(19)14-7-4-3-6-13(14)10-17/h12-14H,3-7,9-11,17H2,1-2H3. The largest absolute Gasteiger partial charge is 0.341 e. The number of carbonyl (C=O) groups excluding carboxylic acids is 1. The quantitative estimate of drug-likeness (QED) is 0.800. The summed E-state index contributed by atoms with van der Waals surface area (Å²) in [6.45, 7) is 6.11. The first-order valence-electron chi connectivity index (χ1n) is 7.46. The number of carbonyl (C=O) groups is 1. The van der Waals surface area contributed by atoms with Gasteiger partial charge in [-0.3, -0.25) is 4.79 Å². The number of hydrogen-bond donors (Lipinski definition) is 1. The van der Waals surface area contributed by atoms with Crippen LogP contribution in [0.5, 0.6) is 0 Å². The minimum absolute atomic E-state index is 0.0798. The van der Waals surface area contributed by atoms with Gasteiger partial charge >= 0.3 is 0 Å². The van der Waals surface area contributed by atoms with Crippen molar-refractivity contribution >= 4 is 5.91 Å². The van der Waals surface area contributed by atoms with Gasteiger partial charge in [-0.05, 0) is 31.2 Å². The zero-order chi connectivity index (χ0) is 14.3. The van der Waals surface area contributed by atoms with E-state index in [0.29, 0.717) is 31.3 Å². The second-order valence-corrected chi connectivity index (χ2v) is 5.97. The summed E-state index contributed by atoms with van der Waals surface area (Å²) in [5, 5.41) is 8.73. The molecular formula is C15H27N3O. The monoisotopic (exact) mass is 265 g/mol. The molecule has 0 aromatic heterocycles. The minimum atomic E-state index is 0.0798. The fourth-order valence-electron chi connectivity index (χ4n) is 2.97. The molecule has 108 valence electrons. The lowest BCUT2D eigenvalue weighted by molar-refractivity contribution is -0.139. The molecule has 0 heterocycles. The molecule has 0 aromatic rings. The third kappa shape index (κ3) is 4.83. The topological polar surface area (TPSA) is 70.1 Å². The highest BCUT2D eigenvalue weighted by Crippen LogP contribution is 2.31. The van der Waals surface area contributed by atoms with Gasteiger partial charge < -0.3 is 10.6 Å². The van der Waals surface area contributed by atoms with Gasteiger partial charge in [0.25, 0.3) is 0 Å². The summed E-state index contributed by atoms with van der Waals surface area (Å²) in [5.41, 5.74) is 5.81. The number of amides is 1. The van der Waals surface area contributed by atoms with Crippen LogP contribution in [-0.4, -0.2) is 30.4 Å². The molecule has 2 unspecified atom stereocenters. The molecule has 1 saturated carbocycles. The molecule has 0 radical (unpaired) electrons. The zero-order valence-corrected chi connectivity index (χ0v) is 12.3. The van der Waals surface area contributed by atoms with Crippen LogP contribution in [0.3, 0.4) is 0 Å². The highest BCUT2D eigenvalue weighted by molar-refractivity contribution is 5.79. The Morgan fingerprint density at radius 2 is 2.11 bits per heavy atom. The van der Waals surface area contributed by atoms with E-state index < -0.39 is 0 Å². The Bertz CT molecular complexity index is 322. The number of nitriles is 1. The van der Waals surface area contributed by atoms with Gasteiger partial charge in [0.05, 0.1) is 12.5 Å². The Morgan fingerprint density at radius 3 is 2.68 bits per heavy atom. The van der Waals surface area contributed by atoms with Gasteiger partial charge in [-0.2, -0.15) is 5.26 Å². The van der Waals surface area contributed by atoms with Crippen LogP contribution in [-0.2, 0) is 4.79 Å². The summed E-state index contributed by atoms with van der Waals surface area (Å²) in [7, 11) is 0. The Balaban J connectivity index is 2.70. The molecule has 0 aromatic carbocycles. The van der Waals surface area contributed by atoms with E-state index in [9.17, 15) is 4.79 Å². The van der Waals surface area contributed by atoms with Crippen molar-refractivity contribution in [2.45, 2.75) is 46.0 Å². The third-order valence-corrected chi connectivity index (χ3v) is 3.92. The first kappa shape index (κ1) is 16.0. The summed E-state index contributed by atoms with van der Waals surface area (Å²) in [6, 6.07) is 2.14. The van der Waals surface area contributed by atoms with E-state index in [4.69, 9.17) is 11.0 Å². The van der Waals surface area contributed by atoms with Crippen LogP contribution in [0.25, 0.3) is 0 Å². The summed E-state index contributed by atoms with van der Waals surface area (Å²) < 4.78 is 0. The Hall–Kier alpha value is -1.08. The summed E-state index contributed by atoms with van der Waals surface area (Å²) >= 11 is 0. The Kier molecular flexibility index (Phi) is 6.86. The van der Waals surface area contributed by atoms with Gasteiger partial charge in [0.1, 0.15) is 0 Å². The summed E-state index contributed by atoms with van der Waals surface area (Å²) in [4.78, 5) is 14.6. The highest BCUT2D eigenvalue weighted by atomic mass is 16.2. The number of nitrogens with two attached hydrogens (primary N) is 1. The zero-order valence-electron chi connectivity index (χ0n) is 12.3. The number of nitrogens with zero attached hydrogens (tertiary/aromatic N) is 2. The maximum Gasteiger partial charge on any atom is 0.226 e. The van der Waals surface area contributed by atoms with E-state index >= 15 is 0 Å². The average Bonchev–Trinajstić information content (AvgIpc) is 2.42. The molecule has 0 spiro atoms. The van der Waals surface area contributed by atoms with Gasteiger partial charge in [-0.25, -0.2) is 0 Å². The van der Waals surface area contributed by atoms with Crippen molar-refractivity contribution in [3.8, 4) is 6.07 Å². The van der Waals surface area contributed by atoms with Gasteiger partial charge in [0.2, 0.25) is 5.91 Å². The van der Waals surface area contributed by atoms with E-state index in [2.05, 4.69) is 19.9 Å². The molecule has 0 bridgehead atoms. The van der Waals surface area contributed by atoms with Crippen LogP contribution in [0.4, 0.5) is 0 Å². The van der Waals surface area contributed by atoms with Crippen molar-refractivity contribution in [3.05, 3.63) is 0 Å². The van der Waals surface area contributed by atoms with Crippen LogP contribution in [0.1, 0.15) is 46.0 Å². The van der Waals surface area contributed by atoms with E-state index in [1.165, 1.54) is 6.42 Å². The van der Waals surface area contributed by atoms with E-state index in [1.54, 1.807) is 0 Å². The first-order valence-corrected chi connectivity index (χ1v) is 7.46. The van der Waals surface area contributed by atoms with Crippen LogP contribution in [0, 0.1) is 29.1 Å². The van der Waals surface area contributed by atoms with E-state index in [1.807, 2.05) is 4.90 Å². The smallest absolute Gasteiger partial charge is 0.226 e. The molecule has 2 N–H and O–H groups in total. The normalized spacial score (nSPS) is 23.1. The van der Waals surface area contributed by atoms with Gasteiger partial charge in [0.15, 0.2) is 0 Å². The van der Waals surface area contributed by atoms with Crippen LogP contribution >= 0.6 is 0 Å². The second-order valence-electron chi connectivity index (χ2n) is 5.97. The third-order valence-electron chi connectivity index (χ3n) is 3.92. The molecule has 1 aliphatic rings. The van der Waals surface area contributed by atoms with Gasteiger partial charge in [0, 0.05) is 19.0 Å². The lowest BCUT2D eigenvalue weighted by Gasteiger charge is -2.34. The lowest BCUT2D eigenvalue weighted by Crippen LogP contribution is -2.44. The molecule has 0 saturated heterocycles. The molecule has 1 fully saturated rings. The molecule has 4 nitrogen and oxygen atoms in total. The van der Waals surface area contributed by atoms with Crippen molar-refractivity contribution in [2.24, 2.45) is 23.5 Å². The second kappa shape index (κ2) is 8.16. The molecular weight excluding hydrogens is 238 g/mol. The van der Waals surface area contributed by atoms with Crippen LogP contribution < -0.4 is 5.73 Å². The predicted molar refractivity (Wildman–Crippen MR) is 76.2 cm³/mol. The molecule has 1 amide bonds. The SMILES string of the molecule is CC(C)CN(CCC#N)C(=O)C1CCCCC1CN. The van der Waals surface area contributed by atoms with Crippen LogP contribution in [0.2, 0.25) is 0 Å². The number of hydrogen-bond acceptors (Lipinski definition) is 3. The van der Waals surface area contributed by atoms with Gasteiger partial charge in [-0.1, -0.05) is 26.7 Å². The predicted octanol–water partition coefficient (Wildman–Crippen LogP) is 2.15. The summed E-state index contributed by atoms with van der Waals surface area (Å²) in [5.74, 6) is 1.07. The fourth-order valence-corrected chi connectivity index (χ4v) is 2.97.